The van der Waals surface area contributed by atoms with Gasteiger partial charge in [0.25, 0.3) is 0 Å². The Labute approximate surface area is 167 Å². The highest BCUT2D eigenvalue weighted by Gasteiger charge is 2.10. The van der Waals surface area contributed by atoms with Gasteiger partial charge >= 0.3 is 0 Å². The van der Waals surface area contributed by atoms with E-state index in [4.69, 9.17) is 4.74 Å². The van der Waals surface area contributed by atoms with Crippen LogP contribution in [0.4, 0.5) is 4.39 Å². The van der Waals surface area contributed by atoms with Gasteiger partial charge in [0.1, 0.15) is 5.82 Å². The van der Waals surface area contributed by atoms with Gasteiger partial charge < -0.3 is 4.74 Å². The molecule has 1 fully saturated rings. The number of nitrogens with zero attached hydrogens (tertiary/aromatic N) is 1. The molecule has 1 aliphatic heterocycles. The number of hydrogen-bond donors (Lipinski definition) is 0. The zero-order chi connectivity index (χ0) is 19.6. The second-order valence-electron chi connectivity index (χ2n) is 7.46. The zero-order valence-corrected chi connectivity index (χ0v) is 16.5. The van der Waals surface area contributed by atoms with E-state index in [1.165, 1.54) is 29.7 Å². The zero-order valence-electron chi connectivity index (χ0n) is 16.5. The lowest BCUT2D eigenvalue weighted by Gasteiger charge is -2.26. The van der Waals surface area contributed by atoms with Crippen LogP contribution in [-0.2, 0) is 17.6 Å². The third kappa shape index (κ3) is 6.54. The molecular formula is C24H30FNO2. The summed E-state index contributed by atoms with van der Waals surface area (Å²) in [6.45, 7) is 4.93. The van der Waals surface area contributed by atoms with Crippen LogP contribution in [0.2, 0.25) is 0 Å². The lowest BCUT2D eigenvalue weighted by Crippen LogP contribution is -2.36. The fraction of sp³-hybridized carbons (Fsp3) is 0.458. The fourth-order valence-electron chi connectivity index (χ4n) is 3.74. The lowest BCUT2D eigenvalue weighted by molar-refractivity contribution is 0.0374. The summed E-state index contributed by atoms with van der Waals surface area (Å²) < 4.78 is 18.4. The number of carbonyl (C=O) groups excluding carboxylic acids is 1. The first-order chi connectivity index (χ1) is 13.7. The molecule has 0 N–H and O–H groups in total. The largest absolute Gasteiger partial charge is 0.379 e. The molecule has 3 rings (SSSR count). The second-order valence-corrected chi connectivity index (χ2v) is 7.46. The van der Waals surface area contributed by atoms with Crippen LogP contribution in [0.15, 0.2) is 48.5 Å². The molecule has 0 aromatic heterocycles. The van der Waals surface area contributed by atoms with Crippen molar-refractivity contribution in [2.45, 2.75) is 38.5 Å². The van der Waals surface area contributed by atoms with Crippen LogP contribution in [0.5, 0.6) is 0 Å². The van der Waals surface area contributed by atoms with E-state index in [1.54, 1.807) is 12.1 Å². The maximum Gasteiger partial charge on any atom is 0.162 e. The van der Waals surface area contributed by atoms with Crippen molar-refractivity contribution in [3.05, 3.63) is 71.0 Å². The molecular weight excluding hydrogens is 353 g/mol. The number of Topliss-reactive ketones (excluding diaryl/α,β-unsaturated/α-hetero) is 1. The van der Waals surface area contributed by atoms with Crippen LogP contribution >= 0.6 is 0 Å². The first-order valence-electron chi connectivity index (χ1n) is 10.4. The van der Waals surface area contributed by atoms with Crippen molar-refractivity contribution in [1.82, 2.24) is 4.90 Å². The van der Waals surface area contributed by atoms with Crippen LogP contribution in [0.3, 0.4) is 0 Å². The Hall–Kier alpha value is -2.04. The number of ketones is 1. The van der Waals surface area contributed by atoms with Crippen molar-refractivity contribution in [3.63, 3.8) is 0 Å². The molecule has 0 spiro atoms. The molecule has 0 unspecified atom stereocenters. The number of rotatable bonds is 10. The summed E-state index contributed by atoms with van der Waals surface area (Å²) in [6, 6.07) is 14.5. The quantitative estimate of drug-likeness (QED) is 0.440. The summed E-state index contributed by atoms with van der Waals surface area (Å²) in [5.41, 5.74) is 3.43. The molecule has 1 aliphatic rings. The topological polar surface area (TPSA) is 29.5 Å². The van der Waals surface area contributed by atoms with Gasteiger partial charge in [0, 0.05) is 25.1 Å². The standard InChI is InChI=1S/C24H30FNO2/c25-23-13-11-22(12-14-23)24(27)10-4-3-8-20-6-1-2-7-21(20)9-5-15-26-16-18-28-19-17-26/h1-2,6-7,11-14H,3-5,8-10,15-19H2. The van der Waals surface area contributed by atoms with E-state index in [1.807, 2.05) is 0 Å². The van der Waals surface area contributed by atoms with E-state index in [0.29, 0.717) is 12.0 Å². The molecule has 1 heterocycles. The lowest BCUT2D eigenvalue weighted by atomic mass is 9.97. The highest BCUT2D eigenvalue weighted by molar-refractivity contribution is 5.95. The Balaban J connectivity index is 1.40. The van der Waals surface area contributed by atoms with Gasteiger partial charge in [-0.05, 0) is 74.0 Å². The predicted molar refractivity (Wildman–Crippen MR) is 110 cm³/mol. The van der Waals surface area contributed by atoms with Crippen molar-refractivity contribution in [2.24, 2.45) is 0 Å². The number of hydrogen-bond acceptors (Lipinski definition) is 3. The Morgan fingerprint density at radius 2 is 1.54 bits per heavy atom. The monoisotopic (exact) mass is 383 g/mol. The number of halogens is 1. The Morgan fingerprint density at radius 1 is 0.893 bits per heavy atom. The molecule has 28 heavy (non-hydrogen) atoms. The molecule has 2 aromatic carbocycles. The molecule has 1 saturated heterocycles. The highest BCUT2D eigenvalue weighted by Crippen LogP contribution is 2.16. The van der Waals surface area contributed by atoms with Crippen LogP contribution in [0.25, 0.3) is 0 Å². The number of unbranched alkanes of at least 4 members (excludes halogenated alkanes) is 1. The van der Waals surface area contributed by atoms with E-state index < -0.39 is 0 Å². The van der Waals surface area contributed by atoms with E-state index in [0.717, 1.165) is 58.5 Å². The fourth-order valence-corrected chi connectivity index (χ4v) is 3.74. The average Bonchev–Trinajstić information content (AvgIpc) is 2.73. The van der Waals surface area contributed by atoms with Crippen molar-refractivity contribution in [3.8, 4) is 0 Å². The Bertz CT molecular complexity index is 739. The molecule has 0 aliphatic carbocycles. The molecule has 2 aromatic rings. The first-order valence-corrected chi connectivity index (χ1v) is 10.4. The predicted octanol–water partition coefficient (Wildman–Crippen LogP) is 4.69. The van der Waals surface area contributed by atoms with E-state index >= 15 is 0 Å². The van der Waals surface area contributed by atoms with Gasteiger partial charge in [-0.15, -0.1) is 0 Å². The number of carbonyl (C=O) groups is 1. The summed E-state index contributed by atoms with van der Waals surface area (Å²) in [5, 5.41) is 0. The van der Waals surface area contributed by atoms with E-state index in [-0.39, 0.29) is 11.6 Å². The number of benzene rings is 2. The minimum Gasteiger partial charge on any atom is -0.379 e. The SMILES string of the molecule is O=C(CCCCc1ccccc1CCCN1CCOCC1)c1ccc(F)cc1. The molecule has 0 radical (unpaired) electrons. The number of morpholine rings is 1. The van der Waals surface area contributed by atoms with Crippen molar-refractivity contribution in [2.75, 3.05) is 32.8 Å². The van der Waals surface area contributed by atoms with E-state index in [9.17, 15) is 9.18 Å². The van der Waals surface area contributed by atoms with Crippen molar-refractivity contribution < 1.29 is 13.9 Å². The van der Waals surface area contributed by atoms with Gasteiger partial charge in [-0.25, -0.2) is 4.39 Å². The maximum atomic E-state index is 13.0. The van der Waals surface area contributed by atoms with Crippen LogP contribution in [0, 0.1) is 5.82 Å². The smallest absolute Gasteiger partial charge is 0.162 e. The van der Waals surface area contributed by atoms with Gasteiger partial charge in [0.15, 0.2) is 5.78 Å². The van der Waals surface area contributed by atoms with Crippen LogP contribution in [-0.4, -0.2) is 43.5 Å². The summed E-state index contributed by atoms with van der Waals surface area (Å²) in [6.07, 6.45) is 5.64. The highest BCUT2D eigenvalue weighted by atomic mass is 19.1. The van der Waals surface area contributed by atoms with Crippen LogP contribution in [0.1, 0.15) is 47.2 Å². The van der Waals surface area contributed by atoms with Crippen molar-refractivity contribution in [1.29, 1.82) is 0 Å². The van der Waals surface area contributed by atoms with Crippen molar-refractivity contribution >= 4 is 5.78 Å². The molecule has 0 atom stereocenters. The Kier molecular flexibility index (Phi) is 8.19. The number of aryl methyl sites for hydroxylation is 2. The maximum absolute atomic E-state index is 13.0. The van der Waals surface area contributed by atoms with Gasteiger partial charge in [-0.1, -0.05) is 24.3 Å². The molecule has 0 amide bonds. The second kappa shape index (κ2) is 11.1. The van der Waals surface area contributed by atoms with Gasteiger partial charge in [-0.2, -0.15) is 0 Å². The van der Waals surface area contributed by atoms with Crippen LogP contribution < -0.4 is 0 Å². The third-order valence-corrected chi connectivity index (χ3v) is 5.41. The average molecular weight is 384 g/mol. The van der Waals surface area contributed by atoms with Gasteiger partial charge in [0.2, 0.25) is 0 Å². The van der Waals surface area contributed by atoms with E-state index in [2.05, 4.69) is 29.2 Å². The third-order valence-electron chi connectivity index (χ3n) is 5.41. The molecule has 0 bridgehead atoms. The number of ether oxygens (including phenoxy) is 1. The normalized spacial score (nSPS) is 14.9. The summed E-state index contributed by atoms with van der Waals surface area (Å²) >= 11 is 0. The molecule has 3 nitrogen and oxygen atoms in total. The molecule has 150 valence electrons. The Morgan fingerprint density at radius 3 is 2.21 bits per heavy atom. The summed E-state index contributed by atoms with van der Waals surface area (Å²) in [5.74, 6) is -0.208. The molecule has 0 saturated carbocycles. The minimum absolute atomic E-state index is 0.0961. The molecule has 4 heteroatoms. The van der Waals surface area contributed by atoms with Gasteiger partial charge in [0.05, 0.1) is 13.2 Å². The first kappa shape index (κ1) is 20.7. The van der Waals surface area contributed by atoms with Gasteiger partial charge in [-0.3, -0.25) is 9.69 Å². The summed E-state index contributed by atoms with van der Waals surface area (Å²) in [4.78, 5) is 14.7. The summed E-state index contributed by atoms with van der Waals surface area (Å²) in [7, 11) is 0. The minimum atomic E-state index is -0.304.